The van der Waals surface area contributed by atoms with Crippen molar-refractivity contribution in [2.45, 2.75) is 38.9 Å². The molecule has 2 nitrogen and oxygen atoms in total. The molecule has 1 aromatic rings. The van der Waals surface area contributed by atoms with Gasteiger partial charge in [0.1, 0.15) is 0 Å². The molecule has 0 radical (unpaired) electrons. The Morgan fingerprint density at radius 2 is 2.07 bits per heavy atom. The van der Waals surface area contributed by atoms with E-state index in [4.69, 9.17) is 0 Å². The number of nitrogens with one attached hydrogen (secondary N) is 2. The molecule has 2 heteroatoms. The SMILES string of the molecule is CC(C)(C)NCC1NCc2ccccc21. The highest BCUT2D eigenvalue weighted by atomic mass is 15.0. The van der Waals surface area contributed by atoms with Crippen molar-refractivity contribution in [3.8, 4) is 0 Å². The third kappa shape index (κ3) is 2.58. The third-order valence-electron chi connectivity index (χ3n) is 2.81. The molecule has 0 amide bonds. The first-order chi connectivity index (χ1) is 7.06. The molecular formula is C13H20N2. The van der Waals surface area contributed by atoms with Crippen LogP contribution in [0.1, 0.15) is 37.9 Å². The maximum atomic E-state index is 3.54. The zero-order valence-corrected chi connectivity index (χ0v) is 9.80. The van der Waals surface area contributed by atoms with Crippen molar-refractivity contribution < 1.29 is 0 Å². The molecule has 1 unspecified atom stereocenters. The summed E-state index contributed by atoms with van der Waals surface area (Å²) in [4.78, 5) is 0. The number of benzene rings is 1. The second-order valence-electron chi connectivity index (χ2n) is 5.26. The zero-order valence-electron chi connectivity index (χ0n) is 9.80. The van der Waals surface area contributed by atoms with Crippen LogP contribution in [0.3, 0.4) is 0 Å². The van der Waals surface area contributed by atoms with Gasteiger partial charge < -0.3 is 10.6 Å². The average molecular weight is 204 g/mol. The molecule has 1 heterocycles. The second-order valence-corrected chi connectivity index (χ2v) is 5.26. The van der Waals surface area contributed by atoms with E-state index < -0.39 is 0 Å². The number of hydrogen-bond donors (Lipinski definition) is 2. The van der Waals surface area contributed by atoms with E-state index in [0.29, 0.717) is 6.04 Å². The van der Waals surface area contributed by atoms with E-state index in [1.807, 2.05) is 0 Å². The Hall–Kier alpha value is -0.860. The lowest BCUT2D eigenvalue weighted by atomic mass is 10.0. The summed E-state index contributed by atoms with van der Waals surface area (Å²) >= 11 is 0. The van der Waals surface area contributed by atoms with Crippen molar-refractivity contribution >= 4 is 0 Å². The summed E-state index contributed by atoms with van der Waals surface area (Å²) in [5, 5.41) is 7.07. The molecule has 82 valence electrons. The summed E-state index contributed by atoms with van der Waals surface area (Å²) in [6, 6.07) is 9.14. The summed E-state index contributed by atoms with van der Waals surface area (Å²) in [7, 11) is 0. The van der Waals surface area contributed by atoms with Gasteiger partial charge in [-0.05, 0) is 31.9 Å². The van der Waals surface area contributed by atoms with E-state index in [0.717, 1.165) is 13.1 Å². The molecule has 2 rings (SSSR count). The fourth-order valence-electron chi connectivity index (χ4n) is 1.97. The van der Waals surface area contributed by atoms with Crippen LogP contribution in [0.4, 0.5) is 0 Å². The van der Waals surface area contributed by atoms with Gasteiger partial charge in [0.15, 0.2) is 0 Å². The molecule has 0 fully saturated rings. The maximum absolute atomic E-state index is 3.54. The minimum absolute atomic E-state index is 0.194. The van der Waals surface area contributed by atoms with Gasteiger partial charge in [-0.3, -0.25) is 0 Å². The van der Waals surface area contributed by atoms with E-state index in [9.17, 15) is 0 Å². The summed E-state index contributed by atoms with van der Waals surface area (Å²) in [6.45, 7) is 8.61. The summed E-state index contributed by atoms with van der Waals surface area (Å²) < 4.78 is 0. The first-order valence-electron chi connectivity index (χ1n) is 5.62. The quantitative estimate of drug-likeness (QED) is 0.772. The number of rotatable bonds is 2. The van der Waals surface area contributed by atoms with E-state index in [-0.39, 0.29) is 5.54 Å². The van der Waals surface area contributed by atoms with Crippen molar-refractivity contribution in [2.24, 2.45) is 0 Å². The van der Waals surface area contributed by atoms with Gasteiger partial charge in [-0.1, -0.05) is 24.3 Å². The molecule has 0 aliphatic carbocycles. The standard InChI is InChI=1S/C13H20N2/c1-13(2,3)15-9-12-11-7-5-4-6-10(11)8-14-12/h4-7,12,14-15H,8-9H2,1-3H3. The lowest BCUT2D eigenvalue weighted by Crippen LogP contribution is -2.40. The predicted molar refractivity (Wildman–Crippen MR) is 63.8 cm³/mol. The lowest BCUT2D eigenvalue weighted by molar-refractivity contribution is 0.391. The Morgan fingerprint density at radius 1 is 1.33 bits per heavy atom. The van der Waals surface area contributed by atoms with Crippen LogP contribution in [-0.2, 0) is 6.54 Å². The van der Waals surface area contributed by atoms with Crippen LogP contribution < -0.4 is 10.6 Å². The monoisotopic (exact) mass is 204 g/mol. The van der Waals surface area contributed by atoms with Crippen LogP contribution in [0.5, 0.6) is 0 Å². The van der Waals surface area contributed by atoms with Crippen molar-refractivity contribution in [3.05, 3.63) is 35.4 Å². The van der Waals surface area contributed by atoms with Crippen LogP contribution >= 0.6 is 0 Å². The van der Waals surface area contributed by atoms with Gasteiger partial charge in [0.25, 0.3) is 0 Å². The molecule has 0 saturated carbocycles. The zero-order chi connectivity index (χ0) is 10.9. The Balaban J connectivity index is 2.02. The van der Waals surface area contributed by atoms with E-state index >= 15 is 0 Å². The van der Waals surface area contributed by atoms with Gasteiger partial charge in [-0.2, -0.15) is 0 Å². The molecule has 0 aromatic heterocycles. The first kappa shape index (κ1) is 10.7. The highest BCUT2D eigenvalue weighted by Crippen LogP contribution is 2.24. The summed E-state index contributed by atoms with van der Waals surface area (Å²) in [5.74, 6) is 0. The summed E-state index contributed by atoms with van der Waals surface area (Å²) in [6.07, 6.45) is 0. The molecule has 0 bridgehead atoms. The average Bonchev–Trinajstić information content (AvgIpc) is 2.57. The van der Waals surface area contributed by atoms with E-state index in [1.54, 1.807) is 0 Å². The van der Waals surface area contributed by atoms with Gasteiger partial charge in [-0.25, -0.2) is 0 Å². The van der Waals surface area contributed by atoms with Crippen molar-refractivity contribution in [1.82, 2.24) is 10.6 Å². The minimum Gasteiger partial charge on any atom is -0.310 e. The smallest absolute Gasteiger partial charge is 0.0452 e. The minimum atomic E-state index is 0.194. The highest BCUT2D eigenvalue weighted by Gasteiger charge is 2.22. The van der Waals surface area contributed by atoms with Gasteiger partial charge in [-0.15, -0.1) is 0 Å². The third-order valence-corrected chi connectivity index (χ3v) is 2.81. The second kappa shape index (κ2) is 3.95. The van der Waals surface area contributed by atoms with Crippen molar-refractivity contribution in [1.29, 1.82) is 0 Å². The first-order valence-corrected chi connectivity index (χ1v) is 5.62. The topological polar surface area (TPSA) is 24.1 Å². The summed E-state index contributed by atoms with van der Waals surface area (Å²) in [5.41, 5.74) is 3.09. The van der Waals surface area contributed by atoms with Gasteiger partial charge >= 0.3 is 0 Å². The van der Waals surface area contributed by atoms with Crippen LogP contribution in [0.15, 0.2) is 24.3 Å². The Morgan fingerprint density at radius 3 is 2.80 bits per heavy atom. The normalized spacial score (nSPS) is 20.3. The van der Waals surface area contributed by atoms with Crippen LogP contribution in [-0.4, -0.2) is 12.1 Å². The Bertz CT molecular complexity index is 339. The van der Waals surface area contributed by atoms with Crippen molar-refractivity contribution in [3.63, 3.8) is 0 Å². The fraction of sp³-hybridized carbons (Fsp3) is 0.538. The van der Waals surface area contributed by atoms with Gasteiger partial charge in [0, 0.05) is 24.7 Å². The number of fused-ring (bicyclic) bond motifs is 1. The molecule has 0 spiro atoms. The Labute approximate surface area is 92.1 Å². The molecule has 0 saturated heterocycles. The molecule has 1 aliphatic rings. The molecule has 15 heavy (non-hydrogen) atoms. The van der Waals surface area contributed by atoms with Gasteiger partial charge in [0.2, 0.25) is 0 Å². The highest BCUT2D eigenvalue weighted by molar-refractivity contribution is 5.33. The Kier molecular flexibility index (Phi) is 2.81. The number of hydrogen-bond acceptors (Lipinski definition) is 2. The van der Waals surface area contributed by atoms with Crippen LogP contribution in [0, 0.1) is 0 Å². The lowest BCUT2D eigenvalue weighted by Gasteiger charge is -2.23. The van der Waals surface area contributed by atoms with Crippen LogP contribution in [0.25, 0.3) is 0 Å². The largest absolute Gasteiger partial charge is 0.310 e. The molecule has 1 aromatic carbocycles. The molecular weight excluding hydrogens is 184 g/mol. The molecule has 2 N–H and O–H groups in total. The van der Waals surface area contributed by atoms with E-state index in [1.165, 1.54) is 11.1 Å². The maximum Gasteiger partial charge on any atom is 0.0452 e. The van der Waals surface area contributed by atoms with Crippen molar-refractivity contribution in [2.75, 3.05) is 6.54 Å². The fourth-order valence-corrected chi connectivity index (χ4v) is 1.97. The molecule has 1 atom stereocenters. The van der Waals surface area contributed by atoms with Crippen LogP contribution in [0.2, 0.25) is 0 Å². The predicted octanol–water partition coefficient (Wildman–Crippen LogP) is 2.22. The molecule has 1 aliphatic heterocycles. The van der Waals surface area contributed by atoms with Gasteiger partial charge in [0.05, 0.1) is 0 Å². The van der Waals surface area contributed by atoms with E-state index in [2.05, 4.69) is 55.7 Å².